The first-order chi connectivity index (χ1) is 8.00. The second-order valence-corrected chi connectivity index (χ2v) is 5.87. The van der Waals surface area contributed by atoms with Gasteiger partial charge in [0, 0.05) is 24.3 Å². The summed E-state index contributed by atoms with van der Waals surface area (Å²) in [6.07, 6.45) is 0. The van der Waals surface area contributed by atoms with Gasteiger partial charge < -0.3 is 10.6 Å². The van der Waals surface area contributed by atoms with E-state index in [1.807, 2.05) is 17.0 Å². The normalized spacial score (nSPS) is 27.3. The van der Waals surface area contributed by atoms with Gasteiger partial charge in [-0.25, -0.2) is 0 Å². The second-order valence-electron chi connectivity index (χ2n) is 5.87. The second kappa shape index (κ2) is 4.16. The Morgan fingerprint density at radius 3 is 2.50 bits per heavy atom. The van der Waals surface area contributed by atoms with E-state index in [4.69, 9.17) is 5.73 Å². The summed E-state index contributed by atoms with van der Waals surface area (Å²) in [4.78, 5) is 14.2. The maximum atomic E-state index is 12.2. The van der Waals surface area contributed by atoms with E-state index in [0.29, 0.717) is 28.5 Å². The smallest absolute Gasteiger partial charge is 0.253 e. The van der Waals surface area contributed by atoms with Crippen molar-refractivity contribution in [1.29, 1.82) is 0 Å². The molecule has 2 unspecified atom stereocenters. The van der Waals surface area contributed by atoms with Gasteiger partial charge in [-0.15, -0.1) is 12.4 Å². The first kappa shape index (κ1) is 13.2. The van der Waals surface area contributed by atoms with Crippen molar-refractivity contribution in [2.45, 2.75) is 13.8 Å². The van der Waals surface area contributed by atoms with Gasteiger partial charge in [0.15, 0.2) is 0 Å². The number of piperidine rings is 1. The molecule has 1 aliphatic carbocycles. The lowest BCUT2D eigenvalue weighted by molar-refractivity contribution is 0.0758. The van der Waals surface area contributed by atoms with Crippen molar-refractivity contribution in [2.24, 2.45) is 17.3 Å². The van der Waals surface area contributed by atoms with E-state index in [9.17, 15) is 4.79 Å². The van der Waals surface area contributed by atoms with E-state index in [-0.39, 0.29) is 18.3 Å². The SMILES string of the molecule is CC1(C)C2CN(C(=O)c3cccc(N)c3)CC21.Cl. The van der Waals surface area contributed by atoms with Crippen LogP contribution in [0.15, 0.2) is 24.3 Å². The minimum atomic E-state index is 0. The van der Waals surface area contributed by atoms with Gasteiger partial charge in [0.25, 0.3) is 5.91 Å². The minimum Gasteiger partial charge on any atom is -0.399 e. The summed E-state index contributed by atoms with van der Waals surface area (Å²) in [5.74, 6) is 1.53. The Labute approximate surface area is 114 Å². The number of nitrogens with two attached hydrogens (primary N) is 1. The predicted octanol–water partition coefficient (Wildman–Crippen LogP) is 2.42. The van der Waals surface area contributed by atoms with Crippen LogP contribution in [-0.2, 0) is 0 Å². The molecular weight excluding hydrogens is 248 g/mol. The van der Waals surface area contributed by atoms with Gasteiger partial charge in [-0.2, -0.15) is 0 Å². The maximum absolute atomic E-state index is 12.2. The summed E-state index contributed by atoms with van der Waals surface area (Å²) < 4.78 is 0. The number of hydrogen-bond acceptors (Lipinski definition) is 2. The Morgan fingerprint density at radius 2 is 1.94 bits per heavy atom. The zero-order chi connectivity index (χ0) is 12.2. The number of hydrogen-bond donors (Lipinski definition) is 1. The van der Waals surface area contributed by atoms with Gasteiger partial charge in [0.05, 0.1) is 0 Å². The van der Waals surface area contributed by atoms with Crippen LogP contribution in [0.2, 0.25) is 0 Å². The van der Waals surface area contributed by atoms with Crippen LogP contribution in [0.5, 0.6) is 0 Å². The lowest BCUT2D eigenvalue weighted by Gasteiger charge is -2.22. The minimum absolute atomic E-state index is 0. The average molecular weight is 267 g/mol. The van der Waals surface area contributed by atoms with Crippen LogP contribution in [0, 0.1) is 17.3 Å². The predicted molar refractivity (Wildman–Crippen MR) is 74.8 cm³/mol. The van der Waals surface area contributed by atoms with Gasteiger partial charge >= 0.3 is 0 Å². The molecule has 18 heavy (non-hydrogen) atoms. The van der Waals surface area contributed by atoms with Crippen molar-refractivity contribution < 1.29 is 4.79 Å². The van der Waals surface area contributed by atoms with Gasteiger partial charge in [0.2, 0.25) is 0 Å². The fourth-order valence-corrected chi connectivity index (χ4v) is 3.15. The van der Waals surface area contributed by atoms with Crippen LogP contribution in [0.25, 0.3) is 0 Å². The van der Waals surface area contributed by atoms with Crippen LogP contribution in [0.3, 0.4) is 0 Å². The van der Waals surface area contributed by atoms with Crippen LogP contribution < -0.4 is 5.73 Å². The summed E-state index contributed by atoms with van der Waals surface area (Å²) in [6.45, 7) is 6.41. The Morgan fingerprint density at radius 1 is 1.33 bits per heavy atom. The molecule has 0 bridgehead atoms. The number of carbonyl (C=O) groups is 1. The third-order valence-corrected chi connectivity index (χ3v) is 4.54. The van der Waals surface area contributed by atoms with Crippen molar-refractivity contribution in [3.63, 3.8) is 0 Å². The number of carbonyl (C=O) groups excluding carboxylic acids is 1. The third-order valence-electron chi connectivity index (χ3n) is 4.54. The highest BCUT2D eigenvalue weighted by Crippen LogP contribution is 2.62. The molecule has 0 aromatic heterocycles. The molecule has 3 rings (SSSR count). The molecule has 2 N–H and O–H groups in total. The molecule has 1 saturated heterocycles. The fourth-order valence-electron chi connectivity index (χ4n) is 3.15. The highest BCUT2D eigenvalue weighted by molar-refractivity contribution is 5.95. The van der Waals surface area contributed by atoms with Crippen LogP contribution in [0.4, 0.5) is 5.69 Å². The largest absolute Gasteiger partial charge is 0.399 e. The highest BCUT2D eigenvalue weighted by atomic mass is 35.5. The molecule has 1 aromatic rings. The Hall–Kier alpha value is -1.22. The number of fused-ring (bicyclic) bond motifs is 1. The molecule has 2 aliphatic rings. The number of likely N-dealkylation sites (tertiary alicyclic amines) is 1. The molecule has 1 aromatic carbocycles. The quantitative estimate of drug-likeness (QED) is 0.794. The molecule has 4 heteroatoms. The average Bonchev–Trinajstić information content (AvgIpc) is 2.70. The van der Waals surface area contributed by atoms with Gasteiger partial charge in [-0.1, -0.05) is 19.9 Å². The molecule has 1 saturated carbocycles. The Bertz CT molecular complexity index is 472. The van der Waals surface area contributed by atoms with E-state index in [1.54, 1.807) is 12.1 Å². The summed E-state index contributed by atoms with van der Waals surface area (Å²) in [7, 11) is 0. The van der Waals surface area contributed by atoms with Crippen LogP contribution in [-0.4, -0.2) is 23.9 Å². The first-order valence-corrected chi connectivity index (χ1v) is 6.15. The zero-order valence-electron chi connectivity index (χ0n) is 10.7. The van der Waals surface area contributed by atoms with Crippen molar-refractivity contribution in [1.82, 2.24) is 4.90 Å². The summed E-state index contributed by atoms with van der Waals surface area (Å²) in [5, 5.41) is 0. The van der Waals surface area contributed by atoms with Crippen molar-refractivity contribution in [3.8, 4) is 0 Å². The molecule has 98 valence electrons. The fraction of sp³-hybridized carbons (Fsp3) is 0.500. The van der Waals surface area contributed by atoms with E-state index in [2.05, 4.69) is 13.8 Å². The van der Waals surface area contributed by atoms with E-state index >= 15 is 0 Å². The van der Waals surface area contributed by atoms with Crippen molar-refractivity contribution in [3.05, 3.63) is 29.8 Å². The molecule has 2 fully saturated rings. The van der Waals surface area contributed by atoms with Gasteiger partial charge in [-0.3, -0.25) is 4.79 Å². The molecule has 0 spiro atoms. The molecule has 2 atom stereocenters. The van der Waals surface area contributed by atoms with E-state index in [0.717, 1.165) is 13.1 Å². The number of amides is 1. The topological polar surface area (TPSA) is 46.3 Å². The monoisotopic (exact) mass is 266 g/mol. The van der Waals surface area contributed by atoms with E-state index in [1.165, 1.54) is 0 Å². The number of halogens is 1. The van der Waals surface area contributed by atoms with Crippen molar-refractivity contribution >= 4 is 24.0 Å². The molecule has 0 radical (unpaired) electrons. The highest BCUT2D eigenvalue weighted by Gasteiger charge is 2.62. The molecule has 1 aliphatic heterocycles. The van der Waals surface area contributed by atoms with Crippen molar-refractivity contribution in [2.75, 3.05) is 18.8 Å². The number of nitrogens with zero attached hydrogens (tertiary/aromatic N) is 1. The molecule has 1 heterocycles. The molecule has 3 nitrogen and oxygen atoms in total. The molecule has 1 amide bonds. The number of nitrogen functional groups attached to an aromatic ring is 1. The lowest BCUT2D eigenvalue weighted by atomic mass is 10.1. The first-order valence-electron chi connectivity index (χ1n) is 6.15. The third kappa shape index (κ3) is 1.87. The summed E-state index contributed by atoms with van der Waals surface area (Å²) in [5.41, 5.74) is 7.52. The maximum Gasteiger partial charge on any atom is 0.253 e. The lowest BCUT2D eigenvalue weighted by Crippen LogP contribution is -2.32. The number of anilines is 1. The van der Waals surface area contributed by atoms with Gasteiger partial charge in [0.1, 0.15) is 0 Å². The number of benzene rings is 1. The molecular formula is C14H19ClN2O. The summed E-state index contributed by atoms with van der Waals surface area (Å²) >= 11 is 0. The Balaban J connectivity index is 0.00000120. The van der Waals surface area contributed by atoms with E-state index < -0.39 is 0 Å². The van der Waals surface area contributed by atoms with Crippen LogP contribution in [0.1, 0.15) is 24.2 Å². The zero-order valence-corrected chi connectivity index (χ0v) is 11.5. The Kier molecular flexibility index (Phi) is 3.06. The number of rotatable bonds is 1. The standard InChI is InChI=1S/C14H18N2O.ClH/c1-14(2)11-7-16(8-12(11)14)13(17)9-4-3-5-10(15)6-9;/h3-6,11-12H,7-8,15H2,1-2H3;1H. The van der Waals surface area contributed by atoms with Crippen LogP contribution >= 0.6 is 12.4 Å². The summed E-state index contributed by atoms with van der Waals surface area (Å²) in [6, 6.07) is 7.25. The van der Waals surface area contributed by atoms with Gasteiger partial charge in [-0.05, 0) is 35.4 Å².